The molecule has 0 aromatic rings. The van der Waals surface area contributed by atoms with Gasteiger partial charge in [-0.15, -0.1) is 0 Å². The molecule has 0 N–H and O–H groups in total. The molecule has 0 spiro atoms. The van der Waals surface area contributed by atoms with Crippen LogP contribution in [0.2, 0.25) is 13.3 Å². The number of hydrogen-bond donors (Lipinski definition) is 0. The third-order valence-electron chi connectivity index (χ3n) is 5.43. The zero-order chi connectivity index (χ0) is 15.6. The molecular weight excluding hydrogens is 415 g/mol. The van der Waals surface area contributed by atoms with Crippen LogP contribution in [0.5, 0.6) is 0 Å². The van der Waals surface area contributed by atoms with E-state index in [0.29, 0.717) is 0 Å². The molecule has 0 aromatic carbocycles. The topological polar surface area (TPSA) is 0 Å². The molecule has 0 heterocycles. The summed E-state index contributed by atoms with van der Waals surface area (Å²) < 4.78 is 4.73. The Labute approximate surface area is 139 Å². The first kappa shape index (κ1) is 21.3. The van der Waals surface area contributed by atoms with Gasteiger partial charge in [0, 0.05) is 0 Å². The number of rotatable bonds is 12. The van der Waals surface area contributed by atoms with E-state index in [9.17, 15) is 0 Å². The van der Waals surface area contributed by atoms with E-state index in [1.807, 2.05) is 0 Å². The average Bonchev–Trinajstić information content (AvgIpc) is 2.48. The molecule has 0 rings (SSSR count). The Kier molecular flexibility index (Phi) is 12.5. The Hall–Kier alpha value is 1.28. The summed E-state index contributed by atoms with van der Waals surface area (Å²) in [6, 6.07) is 0. The van der Waals surface area contributed by atoms with Gasteiger partial charge < -0.3 is 0 Å². The molecule has 0 radical (unpaired) electrons. The van der Waals surface area contributed by atoms with Crippen LogP contribution in [0.4, 0.5) is 0 Å². The average molecular weight is 454 g/mol. The van der Waals surface area contributed by atoms with Crippen molar-refractivity contribution in [3.8, 4) is 0 Å². The van der Waals surface area contributed by atoms with Crippen molar-refractivity contribution in [2.45, 2.75) is 93.4 Å². The van der Waals surface area contributed by atoms with Crippen LogP contribution in [0.15, 0.2) is 0 Å². The summed E-state index contributed by atoms with van der Waals surface area (Å²) in [5.41, 5.74) is 0. The molecule has 20 heavy (non-hydrogen) atoms. The van der Waals surface area contributed by atoms with E-state index in [-0.39, 0.29) is 0 Å². The van der Waals surface area contributed by atoms with Gasteiger partial charge in [-0.2, -0.15) is 0 Å². The molecule has 0 fully saturated rings. The first-order valence-electron chi connectivity index (χ1n) is 9.17. The molecule has 0 unspecified atom stereocenters. The van der Waals surface area contributed by atoms with Crippen molar-refractivity contribution >= 4 is 28.9 Å². The predicted molar refractivity (Wildman–Crippen MR) is 101 cm³/mol. The molecule has 0 atom stereocenters. The van der Waals surface area contributed by atoms with Gasteiger partial charge in [0.05, 0.1) is 0 Å². The summed E-state index contributed by atoms with van der Waals surface area (Å²) in [7, 11) is 0. The molecule has 2 heteroatoms. The van der Waals surface area contributed by atoms with Gasteiger partial charge in [0.15, 0.2) is 0 Å². The van der Waals surface area contributed by atoms with Gasteiger partial charge >= 0.3 is 140 Å². The Bertz CT molecular complexity index is 181. The van der Waals surface area contributed by atoms with Crippen molar-refractivity contribution in [1.29, 1.82) is 0 Å². The summed E-state index contributed by atoms with van der Waals surface area (Å²) >= 11 is 2.35. The van der Waals surface area contributed by atoms with Crippen LogP contribution >= 0.6 is 12.7 Å². The van der Waals surface area contributed by atoms with Crippen LogP contribution in [-0.2, 0) is 0 Å². The Morgan fingerprint density at radius 1 is 0.550 bits per heavy atom. The quantitative estimate of drug-likeness (QED) is 0.266. The fourth-order valence-corrected chi connectivity index (χ4v) is 28.0. The second kappa shape index (κ2) is 11.8. The molecule has 0 amide bonds. The van der Waals surface area contributed by atoms with Crippen molar-refractivity contribution in [3.63, 3.8) is 0 Å². The molecule has 0 aliphatic heterocycles. The maximum absolute atomic E-state index is 4.44. The first-order chi connectivity index (χ1) is 9.48. The first-order valence-corrected chi connectivity index (χ1v) is 21.6. The van der Waals surface area contributed by atoms with Gasteiger partial charge in [-0.25, -0.2) is 0 Å². The molecule has 0 aromatic heterocycles. The van der Waals surface area contributed by atoms with Crippen LogP contribution in [0, 0.1) is 17.8 Å². The van der Waals surface area contributed by atoms with E-state index in [4.69, 9.17) is 0 Å². The van der Waals surface area contributed by atoms with Gasteiger partial charge in [-0.3, -0.25) is 0 Å². The fraction of sp³-hybridized carbons (Fsp3) is 1.00. The SMILES string of the molecule is CCC(CC)[CH2][Sn]([Br])([CH2]C(CC)CC)[CH2]C(CC)CC. The zero-order valence-corrected chi connectivity index (χ0v) is 19.4. The molecular formula is C18H39BrSn. The van der Waals surface area contributed by atoms with Crippen molar-refractivity contribution in [1.82, 2.24) is 0 Å². The Balaban J connectivity index is 4.89. The van der Waals surface area contributed by atoms with E-state index >= 15 is 0 Å². The molecule has 0 saturated heterocycles. The third-order valence-corrected chi connectivity index (χ3v) is 23.2. The van der Waals surface area contributed by atoms with Gasteiger partial charge in [-0.05, 0) is 0 Å². The standard InChI is InChI=1S/3C6H13.BrH.Sn/c3*1-4-6(3)5-2;;/h3*6H,3-5H2,1-2H3;1H;/q;;;;+1/p-1. The van der Waals surface area contributed by atoms with E-state index < -0.39 is 16.2 Å². The van der Waals surface area contributed by atoms with E-state index in [2.05, 4.69) is 54.2 Å². The predicted octanol–water partition coefficient (Wildman–Crippen LogP) is 7.64. The van der Waals surface area contributed by atoms with Crippen molar-refractivity contribution < 1.29 is 0 Å². The summed E-state index contributed by atoms with van der Waals surface area (Å²) in [5.74, 6) is 2.94. The molecule has 0 aliphatic carbocycles. The van der Waals surface area contributed by atoms with Crippen LogP contribution in [-0.4, -0.2) is 16.2 Å². The maximum atomic E-state index is 4.44. The molecule has 0 bridgehead atoms. The number of halogens is 1. The summed E-state index contributed by atoms with van der Waals surface area (Å²) in [6.07, 6.45) is 8.29. The van der Waals surface area contributed by atoms with Gasteiger partial charge in [0.25, 0.3) is 0 Å². The molecule has 0 saturated carbocycles. The molecule has 122 valence electrons. The minimum atomic E-state index is -2.09. The van der Waals surface area contributed by atoms with Crippen molar-refractivity contribution in [2.24, 2.45) is 17.8 Å². The fourth-order valence-electron chi connectivity index (χ4n) is 3.53. The Morgan fingerprint density at radius 2 is 0.750 bits per heavy atom. The number of hydrogen-bond acceptors (Lipinski definition) is 0. The Morgan fingerprint density at radius 3 is 0.900 bits per heavy atom. The van der Waals surface area contributed by atoms with Crippen LogP contribution in [0.3, 0.4) is 0 Å². The molecule has 0 aliphatic rings. The van der Waals surface area contributed by atoms with Crippen LogP contribution in [0.25, 0.3) is 0 Å². The van der Waals surface area contributed by atoms with Crippen molar-refractivity contribution in [2.75, 3.05) is 0 Å². The molecule has 0 nitrogen and oxygen atoms in total. The van der Waals surface area contributed by atoms with Gasteiger partial charge in [0.2, 0.25) is 0 Å². The van der Waals surface area contributed by atoms with E-state index in [1.165, 1.54) is 38.5 Å². The summed E-state index contributed by atoms with van der Waals surface area (Å²) in [4.78, 5) is 0. The minimum absolute atomic E-state index is 0.980. The van der Waals surface area contributed by atoms with Gasteiger partial charge in [-0.1, -0.05) is 0 Å². The summed E-state index contributed by atoms with van der Waals surface area (Å²) in [5, 5.41) is 0. The van der Waals surface area contributed by atoms with E-state index in [0.717, 1.165) is 17.8 Å². The third kappa shape index (κ3) is 8.05. The monoisotopic (exact) mass is 454 g/mol. The second-order valence-electron chi connectivity index (χ2n) is 6.81. The van der Waals surface area contributed by atoms with E-state index in [1.54, 1.807) is 13.3 Å². The second-order valence-corrected chi connectivity index (χ2v) is 28.2. The van der Waals surface area contributed by atoms with Crippen LogP contribution < -0.4 is 0 Å². The summed E-state index contributed by atoms with van der Waals surface area (Å²) in [6.45, 7) is 14.3. The van der Waals surface area contributed by atoms with Gasteiger partial charge in [0.1, 0.15) is 0 Å². The zero-order valence-electron chi connectivity index (χ0n) is 15.0. The van der Waals surface area contributed by atoms with Crippen LogP contribution in [0.1, 0.15) is 80.1 Å². The normalized spacial score (nSPS) is 12.9. The van der Waals surface area contributed by atoms with Crippen molar-refractivity contribution in [3.05, 3.63) is 0 Å².